The highest BCUT2D eigenvalue weighted by Gasteiger charge is 2.64. The lowest BCUT2D eigenvalue weighted by Gasteiger charge is -2.60. The van der Waals surface area contributed by atoms with Crippen molar-refractivity contribution < 1.29 is 29.0 Å². The number of nitrogens with two attached hydrogens (primary N) is 1. The Morgan fingerprint density at radius 3 is 2.27 bits per heavy atom. The van der Waals surface area contributed by atoms with Crippen molar-refractivity contribution in [2.45, 2.75) is 69.6 Å². The summed E-state index contributed by atoms with van der Waals surface area (Å²) in [6.07, 6.45) is 3.74. The third-order valence-corrected chi connectivity index (χ3v) is 12.8. The van der Waals surface area contributed by atoms with Crippen LogP contribution in [-0.4, -0.2) is 96.6 Å². The minimum absolute atomic E-state index is 0.0474. The van der Waals surface area contributed by atoms with Crippen LogP contribution in [0.25, 0.3) is 10.8 Å². The number of methoxy groups -OCH3 is 1. The highest BCUT2D eigenvalue weighted by Crippen LogP contribution is 2.65. The van der Waals surface area contributed by atoms with E-state index in [-0.39, 0.29) is 48.9 Å². The Labute approximate surface area is 304 Å². The van der Waals surface area contributed by atoms with Gasteiger partial charge in [0, 0.05) is 45.6 Å². The maximum atomic E-state index is 14.6. The van der Waals surface area contributed by atoms with Crippen LogP contribution in [0.5, 0.6) is 5.75 Å². The smallest absolute Gasteiger partial charge is 0.245 e. The van der Waals surface area contributed by atoms with E-state index in [1.165, 1.54) is 0 Å². The molecule has 0 radical (unpaired) electrons. The molecule has 11 nitrogen and oxygen atoms in total. The molecule has 2 aliphatic heterocycles. The van der Waals surface area contributed by atoms with Crippen molar-refractivity contribution >= 4 is 40.1 Å². The number of nitrogens with one attached hydrogen (secondary N) is 1. The molecule has 4 N–H and O–H groups in total. The van der Waals surface area contributed by atoms with Gasteiger partial charge in [0.15, 0.2) is 0 Å². The molecule has 5 atom stereocenters. The van der Waals surface area contributed by atoms with E-state index < -0.39 is 34.9 Å². The number of likely N-dealkylation sites (tertiary alicyclic amines) is 1. The van der Waals surface area contributed by atoms with Crippen LogP contribution < -0.4 is 20.7 Å². The van der Waals surface area contributed by atoms with Gasteiger partial charge in [0.25, 0.3) is 0 Å². The molecule has 4 saturated carbocycles. The number of ether oxygens (including phenoxy) is 1. The zero-order valence-corrected chi connectivity index (χ0v) is 29.8. The molecule has 52 heavy (non-hydrogen) atoms. The zero-order valence-electron chi connectivity index (χ0n) is 29.8. The van der Waals surface area contributed by atoms with Crippen molar-refractivity contribution in [3.63, 3.8) is 0 Å². The van der Waals surface area contributed by atoms with Crippen molar-refractivity contribution in [1.82, 2.24) is 15.1 Å². The van der Waals surface area contributed by atoms with Crippen molar-refractivity contribution in [1.29, 1.82) is 0 Å². The SMILES string of the molecule is COc1ccccc1N1CCN(C(=O)C(Cc2ccc3ccccc3c2)NC(=O)C2CC(O)CN2C(=O)C23CC4CC(CC(C(N)=O)(C4)C2)C3)CC1. The van der Waals surface area contributed by atoms with Crippen molar-refractivity contribution in [2.24, 2.45) is 28.4 Å². The predicted molar refractivity (Wildman–Crippen MR) is 196 cm³/mol. The molecule has 3 aromatic carbocycles. The van der Waals surface area contributed by atoms with Gasteiger partial charge in [-0.25, -0.2) is 0 Å². The number of fused-ring (bicyclic) bond motifs is 1. The molecular formula is C41H49N5O6. The zero-order chi connectivity index (χ0) is 36.2. The first kappa shape index (κ1) is 34.4. The Balaban J connectivity index is 1.03. The standard InChI is InChI=1S/C41H49N5O6/c1-52-35-9-5-4-8-33(35)44-12-14-45(15-13-44)37(49)32(18-26-10-11-29-6-2-3-7-30(29)17-26)43-36(48)34-19-31(47)24-46(34)39(51)41-22-27-16-28(23-41)21-40(20-27,25-41)38(42)50/h2-11,17,27-28,31-32,34,47H,12-16,18-25H2,1H3,(H2,42,50)(H,43,48). The van der Waals surface area contributed by atoms with E-state index in [1.807, 2.05) is 65.6 Å². The number of primary amides is 1. The molecule has 11 heteroatoms. The van der Waals surface area contributed by atoms with Gasteiger partial charge in [-0.15, -0.1) is 0 Å². The van der Waals surface area contributed by atoms with Crippen molar-refractivity contribution in [3.8, 4) is 5.75 Å². The Morgan fingerprint density at radius 1 is 0.885 bits per heavy atom. The molecule has 0 spiro atoms. The van der Waals surface area contributed by atoms with Gasteiger partial charge in [0.2, 0.25) is 23.6 Å². The summed E-state index contributed by atoms with van der Waals surface area (Å²) < 4.78 is 5.58. The molecule has 2 heterocycles. The molecule has 274 valence electrons. The number of amides is 4. The van der Waals surface area contributed by atoms with Crippen LogP contribution in [0.4, 0.5) is 5.69 Å². The molecule has 0 aromatic heterocycles. The number of hydrogen-bond acceptors (Lipinski definition) is 7. The normalized spacial score (nSPS) is 30.0. The molecule has 3 aromatic rings. The summed E-state index contributed by atoms with van der Waals surface area (Å²) in [5.41, 5.74) is 6.43. The first-order valence-corrected chi connectivity index (χ1v) is 18.8. The third-order valence-electron chi connectivity index (χ3n) is 12.8. The Bertz CT molecular complexity index is 1880. The van der Waals surface area contributed by atoms with Crippen molar-refractivity contribution in [3.05, 3.63) is 72.3 Å². The summed E-state index contributed by atoms with van der Waals surface area (Å²) in [7, 11) is 1.65. The predicted octanol–water partition coefficient (Wildman–Crippen LogP) is 3.26. The van der Waals surface area contributed by atoms with Gasteiger partial charge in [0.1, 0.15) is 17.8 Å². The molecule has 6 aliphatic rings. The average Bonchev–Trinajstić information content (AvgIpc) is 3.54. The van der Waals surface area contributed by atoms with Crippen molar-refractivity contribution in [2.75, 3.05) is 44.7 Å². The number of para-hydroxylation sites is 2. The van der Waals surface area contributed by atoms with Crippen LogP contribution in [0.2, 0.25) is 0 Å². The third kappa shape index (κ3) is 6.16. The number of carbonyl (C=O) groups is 4. The number of carbonyl (C=O) groups excluding carboxylic acids is 4. The number of piperazine rings is 1. The molecule has 6 fully saturated rings. The quantitative estimate of drug-likeness (QED) is 0.310. The number of β-amino-alcohol motifs (C(OH)–C–C–N with tert-alkyl or cyclic N) is 1. The highest BCUT2D eigenvalue weighted by atomic mass is 16.5. The second-order valence-electron chi connectivity index (χ2n) is 16.2. The van der Waals surface area contributed by atoms with E-state index in [0.29, 0.717) is 45.4 Å². The largest absolute Gasteiger partial charge is 0.495 e. The summed E-state index contributed by atoms with van der Waals surface area (Å²) in [5, 5.41) is 16.1. The topological polar surface area (TPSA) is 146 Å². The number of hydrogen-bond donors (Lipinski definition) is 3. The van der Waals surface area contributed by atoms with Gasteiger partial charge >= 0.3 is 0 Å². The second-order valence-corrected chi connectivity index (χ2v) is 16.2. The fraction of sp³-hybridized carbons (Fsp3) is 0.512. The number of aliphatic hydroxyl groups is 1. The van der Waals surface area contributed by atoms with E-state index >= 15 is 0 Å². The monoisotopic (exact) mass is 707 g/mol. The van der Waals surface area contributed by atoms with Gasteiger partial charge in [-0.05, 0) is 78.8 Å². The van der Waals surface area contributed by atoms with Crippen LogP contribution in [0, 0.1) is 22.7 Å². The lowest BCUT2D eigenvalue weighted by Crippen LogP contribution is -2.63. The first-order chi connectivity index (χ1) is 25.1. The van der Waals surface area contributed by atoms with Gasteiger partial charge in [-0.1, -0.05) is 54.6 Å². The fourth-order valence-corrected chi connectivity index (χ4v) is 10.7. The summed E-state index contributed by atoms with van der Waals surface area (Å²) in [5.74, 6) is 0.185. The van der Waals surface area contributed by atoms with Gasteiger partial charge in [0.05, 0.1) is 29.7 Å². The maximum Gasteiger partial charge on any atom is 0.245 e. The average molecular weight is 708 g/mol. The lowest BCUT2D eigenvalue weighted by molar-refractivity contribution is -0.174. The van der Waals surface area contributed by atoms with Crippen LogP contribution in [0.15, 0.2) is 66.7 Å². The summed E-state index contributed by atoms with van der Waals surface area (Å²) in [6.45, 7) is 2.21. The maximum absolute atomic E-state index is 14.6. The van der Waals surface area contributed by atoms with Crippen LogP contribution in [0.3, 0.4) is 0 Å². The molecule has 4 amide bonds. The summed E-state index contributed by atoms with van der Waals surface area (Å²) >= 11 is 0. The lowest BCUT2D eigenvalue weighted by atomic mass is 9.43. The first-order valence-electron chi connectivity index (χ1n) is 18.8. The van der Waals surface area contributed by atoms with Gasteiger partial charge < -0.3 is 35.6 Å². The minimum atomic E-state index is -0.922. The molecule has 4 bridgehead atoms. The minimum Gasteiger partial charge on any atom is -0.495 e. The Morgan fingerprint density at radius 2 is 1.56 bits per heavy atom. The summed E-state index contributed by atoms with van der Waals surface area (Å²) in [6, 6.07) is 20.1. The highest BCUT2D eigenvalue weighted by molar-refractivity contribution is 5.95. The number of aliphatic hydroxyl groups excluding tert-OH is 1. The van der Waals surface area contributed by atoms with E-state index in [2.05, 4.69) is 16.3 Å². The summed E-state index contributed by atoms with van der Waals surface area (Å²) in [4.78, 5) is 61.6. The molecular weight excluding hydrogens is 658 g/mol. The number of nitrogens with zero attached hydrogens (tertiary/aromatic N) is 3. The van der Waals surface area contributed by atoms with E-state index in [4.69, 9.17) is 10.5 Å². The van der Waals surface area contributed by atoms with Gasteiger partial charge in [-0.2, -0.15) is 0 Å². The van der Waals surface area contributed by atoms with E-state index in [9.17, 15) is 24.3 Å². The fourth-order valence-electron chi connectivity index (χ4n) is 10.7. The van der Waals surface area contributed by atoms with Crippen LogP contribution in [-0.2, 0) is 25.6 Å². The number of benzene rings is 3. The molecule has 9 rings (SSSR count). The molecule has 2 saturated heterocycles. The van der Waals surface area contributed by atoms with E-state index in [1.54, 1.807) is 12.0 Å². The Hall–Kier alpha value is -4.64. The van der Waals surface area contributed by atoms with Crippen LogP contribution >= 0.6 is 0 Å². The molecule has 4 aliphatic carbocycles. The van der Waals surface area contributed by atoms with Gasteiger partial charge in [-0.3, -0.25) is 19.2 Å². The number of anilines is 1. The molecule has 5 unspecified atom stereocenters. The van der Waals surface area contributed by atoms with Crippen LogP contribution in [0.1, 0.15) is 50.5 Å². The number of rotatable bonds is 9. The second kappa shape index (κ2) is 13.4. The van der Waals surface area contributed by atoms with E-state index in [0.717, 1.165) is 47.0 Å². The Kier molecular flexibility index (Phi) is 8.88.